The lowest BCUT2D eigenvalue weighted by Gasteiger charge is -2.26. The van der Waals surface area contributed by atoms with E-state index in [4.69, 9.17) is 4.98 Å². The minimum absolute atomic E-state index is 0.279. The summed E-state index contributed by atoms with van der Waals surface area (Å²) in [5, 5.41) is 7.11. The zero-order chi connectivity index (χ0) is 27.2. The Morgan fingerprint density at radius 2 is 1.92 bits per heavy atom. The number of aromatic nitrogens is 3. The van der Waals surface area contributed by atoms with E-state index in [0.717, 1.165) is 53.8 Å². The molecule has 0 aliphatic heterocycles. The van der Waals surface area contributed by atoms with Crippen LogP contribution in [0.2, 0.25) is 0 Å². The zero-order valence-corrected chi connectivity index (χ0v) is 22.3. The maximum absolute atomic E-state index is 13.7. The van der Waals surface area contributed by atoms with Crippen molar-refractivity contribution in [3.05, 3.63) is 78.9 Å². The number of aryl methyl sites for hydroxylation is 1. The molecular weight excluding hydrogens is 481 g/mol. The van der Waals surface area contributed by atoms with Crippen molar-refractivity contribution in [2.45, 2.75) is 19.8 Å². The van der Waals surface area contributed by atoms with E-state index in [1.165, 1.54) is 18.2 Å². The number of rotatable bonds is 11. The van der Waals surface area contributed by atoms with Crippen LogP contribution in [0.5, 0.6) is 0 Å². The number of likely N-dealkylation sites (N-methyl/N-ethyl adjacent to an activating group) is 2. The Kier molecular flexibility index (Phi) is 8.38. The second-order valence-corrected chi connectivity index (χ2v) is 9.45. The van der Waals surface area contributed by atoms with Gasteiger partial charge in [-0.3, -0.25) is 4.79 Å². The van der Waals surface area contributed by atoms with Crippen molar-refractivity contribution in [2.24, 2.45) is 0 Å². The fourth-order valence-electron chi connectivity index (χ4n) is 4.27. The predicted molar refractivity (Wildman–Crippen MR) is 153 cm³/mol. The molecule has 4 rings (SSSR count). The molecule has 2 aromatic carbocycles. The lowest BCUT2D eigenvalue weighted by Crippen LogP contribution is -2.29. The van der Waals surface area contributed by atoms with Gasteiger partial charge in [0, 0.05) is 43.6 Å². The summed E-state index contributed by atoms with van der Waals surface area (Å²) in [6.45, 7) is 7.39. The number of nitrogens with one attached hydrogen (secondary N) is 2. The summed E-state index contributed by atoms with van der Waals surface area (Å²) in [5.41, 5.74) is 4.35. The van der Waals surface area contributed by atoms with Gasteiger partial charge in [0.2, 0.25) is 11.9 Å². The Morgan fingerprint density at radius 1 is 1.11 bits per heavy atom. The fraction of sp³-hybridized carbons (Fsp3) is 0.276. The molecule has 2 aromatic heterocycles. The van der Waals surface area contributed by atoms with Gasteiger partial charge in [0.25, 0.3) is 0 Å². The van der Waals surface area contributed by atoms with Crippen molar-refractivity contribution >= 4 is 39.8 Å². The van der Waals surface area contributed by atoms with E-state index in [0.29, 0.717) is 17.5 Å². The predicted octanol–water partition coefficient (Wildman–Crippen LogP) is 5.38. The molecule has 0 aliphatic rings. The van der Waals surface area contributed by atoms with Crippen LogP contribution in [-0.2, 0) is 11.2 Å². The molecule has 0 spiro atoms. The number of fused-ring (bicyclic) bond motifs is 1. The Labute approximate surface area is 222 Å². The van der Waals surface area contributed by atoms with Crippen LogP contribution in [0.1, 0.15) is 18.9 Å². The van der Waals surface area contributed by atoms with Crippen LogP contribution in [0.3, 0.4) is 0 Å². The monoisotopic (exact) mass is 515 g/mol. The molecule has 4 aromatic rings. The van der Waals surface area contributed by atoms with E-state index < -0.39 is 0 Å². The summed E-state index contributed by atoms with van der Waals surface area (Å²) in [5.74, 6) is 0.509. The molecule has 38 heavy (non-hydrogen) atoms. The van der Waals surface area contributed by atoms with Crippen molar-refractivity contribution in [1.29, 1.82) is 0 Å². The molecule has 0 radical (unpaired) electrons. The molecule has 9 heteroatoms. The smallest absolute Gasteiger partial charge is 0.247 e. The topological polar surface area (TPSA) is 78.3 Å². The van der Waals surface area contributed by atoms with E-state index in [1.807, 2.05) is 44.0 Å². The van der Waals surface area contributed by atoms with Gasteiger partial charge in [-0.1, -0.05) is 19.9 Å². The molecule has 0 aliphatic carbocycles. The molecule has 2 heterocycles. The molecule has 8 nitrogen and oxygen atoms in total. The van der Waals surface area contributed by atoms with Gasteiger partial charge in [0.15, 0.2) is 0 Å². The molecule has 0 atom stereocenters. The number of amides is 1. The molecule has 198 valence electrons. The fourth-order valence-corrected chi connectivity index (χ4v) is 4.27. The third kappa shape index (κ3) is 6.18. The minimum atomic E-state index is -0.282. The van der Waals surface area contributed by atoms with Crippen LogP contribution in [0.15, 0.2) is 67.5 Å². The van der Waals surface area contributed by atoms with Crippen molar-refractivity contribution in [1.82, 2.24) is 19.4 Å². The normalized spacial score (nSPS) is 11.1. The molecule has 0 unspecified atom stereocenters. The van der Waals surface area contributed by atoms with Gasteiger partial charge >= 0.3 is 0 Å². The summed E-state index contributed by atoms with van der Waals surface area (Å²) in [7, 11) is 6.09. The number of hydrogen-bond acceptors (Lipinski definition) is 6. The Bertz CT molecular complexity index is 1450. The number of halogens is 1. The second-order valence-electron chi connectivity index (χ2n) is 9.45. The van der Waals surface area contributed by atoms with Crippen LogP contribution in [-0.4, -0.2) is 59.6 Å². The summed E-state index contributed by atoms with van der Waals surface area (Å²) in [6, 6.07) is 12.4. The molecule has 2 N–H and O–H groups in total. The van der Waals surface area contributed by atoms with Crippen LogP contribution >= 0.6 is 0 Å². The van der Waals surface area contributed by atoms with E-state index >= 15 is 0 Å². The summed E-state index contributed by atoms with van der Waals surface area (Å²) in [4.78, 5) is 25.7. The third-order valence-electron chi connectivity index (χ3n) is 6.26. The van der Waals surface area contributed by atoms with Gasteiger partial charge in [-0.05, 0) is 74.6 Å². The Morgan fingerprint density at radius 3 is 2.66 bits per heavy atom. The minimum Gasteiger partial charge on any atom is -0.372 e. The van der Waals surface area contributed by atoms with Crippen LogP contribution in [0.25, 0.3) is 16.7 Å². The van der Waals surface area contributed by atoms with Crippen LogP contribution in [0, 0.1) is 5.82 Å². The van der Waals surface area contributed by atoms with Crippen molar-refractivity contribution in [3.63, 3.8) is 0 Å². The Hall–Kier alpha value is -4.24. The number of carbonyl (C=O) groups is 1. The third-order valence-corrected chi connectivity index (χ3v) is 6.26. The lowest BCUT2D eigenvalue weighted by molar-refractivity contribution is -0.111. The van der Waals surface area contributed by atoms with E-state index in [-0.39, 0.29) is 11.7 Å². The van der Waals surface area contributed by atoms with Gasteiger partial charge in [-0.2, -0.15) is 4.98 Å². The van der Waals surface area contributed by atoms with E-state index in [9.17, 15) is 9.18 Å². The van der Waals surface area contributed by atoms with E-state index in [1.54, 1.807) is 18.3 Å². The SMILES string of the molecule is C=CC(=O)Nc1cc(Nc2nccc(-n3ccc4cc(F)ccc43)n2)c(CCC)cc1N(C)CCN(C)C. The summed E-state index contributed by atoms with van der Waals surface area (Å²) in [6.07, 6.45) is 6.58. The van der Waals surface area contributed by atoms with Crippen LogP contribution in [0.4, 0.5) is 27.4 Å². The number of nitrogens with zero attached hydrogens (tertiary/aromatic N) is 5. The van der Waals surface area contributed by atoms with Crippen molar-refractivity contribution in [3.8, 4) is 5.82 Å². The molecule has 0 fully saturated rings. The van der Waals surface area contributed by atoms with Gasteiger partial charge in [0.1, 0.15) is 11.6 Å². The molecule has 0 saturated carbocycles. The first-order valence-corrected chi connectivity index (χ1v) is 12.6. The number of benzene rings is 2. The number of hydrogen-bond donors (Lipinski definition) is 2. The van der Waals surface area contributed by atoms with E-state index in [2.05, 4.69) is 45.0 Å². The van der Waals surface area contributed by atoms with Crippen molar-refractivity contribution in [2.75, 3.05) is 49.8 Å². The van der Waals surface area contributed by atoms with Gasteiger partial charge in [-0.15, -0.1) is 0 Å². The highest BCUT2D eigenvalue weighted by molar-refractivity contribution is 6.02. The second kappa shape index (κ2) is 11.9. The largest absolute Gasteiger partial charge is 0.372 e. The first-order chi connectivity index (χ1) is 18.3. The lowest BCUT2D eigenvalue weighted by atomic mass is 10.0. The molecule has 0 bridgehead atoms. The highest BCUT2D eigenvalue weighted by atomic mass is 19.1. The number of anilines is 4. The highest BCUT2D eigenvalue weighted by Gasteiger charge is 2.16. The average Bonchev–Trinajstić information content (AvgIpc) is 3.31. The molecular formula is C29H34FN7O. The van der Waals surface area contributed by atoms with Crippen molar-refractivity contribution < 1.29 is 9.18 Å². The number of carbonyl (C=O) groups excluding carboxylic acids is 1. The summed E-state index contributed by atoms with van der Waals surface area (Å²) < 4.78 is 15.6. The zero-order valence-electron chi connectivity index (χ0n) is 22.3. The maximum atomic E-state index is 13.7. The molecule has 0 saturated heterocycles. The van der Waals surface area contributed by atoms with Gasteiger partial charge in [0.05, 0.1) is 16.9 Å². The first kappa shape index (κ1) is 26.8. The standard InChI is InChI=1S/C29H34FN7O/c1-6-8-20-18-26(36(5)16-15-35(3)4)24(32-28(38)7-2)19-23(20)33-29-31-13-11-27(34-29)37-14-12-21-17-22(30)9-10-25(21)37/h7,9-14,17-19H,2,6,8,15-16H2,1,3-5H3,(H,32,38)(H,31,33,34). The quantitative estimate of drug-likeness (QED) is 0.261. The highest BCUT2D eigenvalue weighted by Crippen LogP contribution is 2.34. The van der Waals surface area contributed by atoms with Gasteiger partial charge < -0.3 is 25.0 Å². The molecule has 1 amide bonds. The average molecular weight is 516 g/mol. The summed E-state index contributed by atoms with van der Waals surface area (Å²) >= 11 is 0. The first-order valence-electron chi connectivity index (χ1n) is 12.6. The Balaban J connectivity index is 1.71. The maximum Gasteiger partial charge on any atom is 0.247 e. The van der Waals surface area contributed by atoms with Crippen LogP contribution < -0.4 is 15.5 Å². The van der Waals surface area contributed by atoms with Gasteiger partial charge in [-0.25, -0.2) is 9.37 Å².